The predicted octanol–water partition coefficient (Wildman–Crippen LogP) is 6.22. The fraction of sp³-hybridized carbons (Fsp3) is 0.107. The van der Waals surface area contributed by atoms with Crippen LogP contribution in [-0.4, -0.2) is 13.1 Å². The van der Waals surface area contributed by atoms with Crippen molar-refractivity contribution >= 4 is 5.97 Å². The Morgan fingerprint density at radius 1 is 0.688 bits per heavy atom. The van der Waals surface area contributed by atoms with E-state index in [2.05, 4.69) is 0 Å². The summed E-state index contributed by atoms with van der Waals surface area (Å²) in [6.45, 7) is 0.367. The fourth-order valence-electron chi connectivity index (χ4n) is 3.40. The van der Waals surface area contributed by atoms with Gasteiger partial charge in [0.1, 0.15) is 6.61 Å². The van der Waals surface area contributed by atoms with E-state index in [9.17, 15) is 4.79 Å². The third-order valence-electron chi connectivity index (χ3n) is 5.08. The second kappa shape index (κ2) is 10.3. The number of rotatable bonds is 8. The van der Waals surface area contributed by atoms with E-state index < -0.39 is 6.10 Å². The molecule has 0 unspecified atom stereocenters. The van der Waals surface area contributed by atoms with Gasteiger partial charge in [0.25, 0.3) is 0 Å². The zero-order valence-corrected chi connectivity index (χ0v) is 17.8. The van der Waals surface area contributed by atoms with Gasteiger partial charge >= 0.3 is 5.97 Å². The van der Waals surface area contributed by atoms with Crippen LogP contribution in [0.1, 0.15) is 33.2 Å². The highest BCUT2D eigenvalue weighted by Crippen LogP contribution is 2.28. The Bertz CT molecular complexity index is 1100. The minimum Gasteiger partial charge on any atom is -0.493 e. The number of para-hydroxylation sites is 2. The summed E-state index contributed by atoms with van der Waals surface area (Å²) in [5.74, 6) is 0.979. The molecule has 0 aliphatic carbocycles. The molecule has 4 nitrogen and oxygen atoms in total. The first-order chi connectivity index (χ1) is 15.7. The number of hydrogen-bond donors (Lipinski definition) is 0. The summed E-state index contributed by atoms with van der Waals surface area (Å²) in [5, 5.41) is 0. The first-order valence-electron chi connectivity index (χ1n) is 10.4. The van der Waals surface area contributed by atoms with E-state index in [0.29, 0.717) is 23.7 Å². The molecule has 0 fully saturated rings. The standard InChI is InChI=1S/C28H24O4/c1-30-25-14-8-9-15-26(25)31-20-21-16-18-24(19-17-21)28(29)32-27(22-10-4-2-5-11-22)23-12-6-3-7-13-23/h2-19,27H,20H2,1H3. The topological polar surface area (TPSA) is 44.8 Å². The molecule has 0 N–H and O–H groups in total. The first kappa shape index (κ1) is 21.2. The molecule has 0 aromatic heterocycles. The van der Waals surface area contributed by atoms with Crippen molar-refractivity contribution in [2.45, 2.75) is 12.7 Å². The number of carbonyl (C=O) groups excluding carboxylic acids is 1. The molecular formula is C28H24O4. The lowest BCUT2D eigenvalue weighted by Gasteiger charge is -2.19. The van der Waals surface area contributed by atoms with Gasteiger partial charge in [0.05, 0.1) is 12.7 Å². The minimum atomic E-state index is -0.474. The normalized spacial score (nSPS) is 10.6. The molecule has 4 heteroatoms. The maximum Gasteiger partial charge on any atom is 0.339 e. The Hall–Kier alpha value is -4.05. The van der Waals surface area contributed by atoms with Crippen molar-refractivity contribution in [1.82, 2.24) is 0 Å². The Morgan fingerprint density at radius 2 is 1.22 bits per heavy atom. The van der Waals surface area contributed by atoms with Gasteiger partial charge < -0.3 is 14.2 Å². The predicted molar refractivity (Wildman–Crippen MR) is 124 cm³/mol. The fourth-order valence-corrected chi connectivity index (χ4v) is 3.40. The summed E-state index contributed by atoms with van der Waals surface area (Å²) in [6, 6.07) is 34.2. The van der Waals surface area contributed by atoms with Crippen LogP contribution in [0.5, 0.6) is 11.5 Å². The van der Waals surface area contributed by atoms with Crippen LogP contribution in [0.2, 0.25) is 0 Å². The average molecular weight is 424 g/mol. The lowest BCUT2D eigenvalue weighted by Crippen LogP contribution is -2.13. The SMILES string of the molecule is COc1ccccc1OCc1ccc(C(=O)OC(c2ccccc2)c2ccccc2)cc1. The van der Waals surface area contributed by atoms with E-state index in [1.807, 2.05) is 97.1 Å². The third kappa shape index (κ3) is 5.16. The van der Waals surface area contributed by atoms with Gasteiger partial charge in [0.15, 0.2) is 17.6 Å². The maximum absolute atomic E-state index is 12.9. The molecule has 0 aliphatic heterocycles. The van der Waals surface area contributed by atoms with E-state index in [0.717, 1.165) is 16.7 Å². The molecule has 32 heavy (non-hydrogen) atoms. The van der Waals surface area contributed by atoms with E-state index in [-0.39, 0.29) is 5.97 Å². The van der Waals surface area contributed by atoms with E-state index in [1.54, 1.807) is 19.2 Å². The van der Waals surface area contributed by atoms with Crippen molar-refractivity contribution in [2.75, 3.05) is 7.11 Å². The number of methoxy groups -OCH3 is 1. The lowest BCUT2D eigenvalue weighted by atomic mass is 10.0. The molecule has 4 aromatic carbocycles. The largest absolute Gasteiger partial charge is 0.493 e. The Labute approximate surface area is 188 Å². The molecular weight excluding hydrogens is 400 g/mol. The van der Waals surface area contributed by atoms with Crippen LogP contribution in [0, 0.1) is 0 Å². The number of hydrogen-bond acceptors (Lipinski definition) is 4. The van der Waals surface area contributed by atoms with Crippen molar-refractivity contribution in [2.24, 2.45) is 0 Å². The first-order valence-corrected chi connectivity index (χ1v) is 10.4. The van der Waals surface area contributed by atoms with Gasteiger partial charge in [-0.2, -0.15) is 0 Å². The van der Waals surface area contributed by atoms with Crippen LogP contribution in [-0.2, 0) is 11.3 Å². The van der Waals surface area contributed by atoms with Gasteiger partial charge in [0.2, 0.25) is 0 Å². The Balaban J connectivity index is 1.45. The molecule has 0 spiro atoms. The van der Waals surface area contributed by atoms with Crippen molar-refractivity contribution in [3.8, 4) is 11.5 Å². The van der Waals surface area contributed by atoms with E-state index in [4.69, 9.17) is 14.2 Å². The maximum atomic E-state index is 12.9. The van der Waals surface area contributed by atoms with Crippen LogP contribution in [0.4, 0.5) is 0 Å². The number of benzene rings is 4. The molecule has 4 rings (SSSR count). The Morgan fingerprint density at radius 3 is 1.78 bits per heavy atom. The molecule has 160 valence electrons. The summed E-state index contributed by atoms with van der Waals surface area (Å²) in [6.07, 6.45) is -0.474. The zero-order valence-electron chi connectivity index (χ0n) is 17.8. The lowest BCUT2D eigenvalue weighted by molar-refractivity contribution is 0.0378. The highest BCUT2D eigenvalue weighted by Gasteiger charge is 2.20. The molecule has 0 aliphatic rings. The second-order valence-corrected chi connectivity index (χ2v) is 7.24. The minimum absolute atomic E-state index is 0.367. The molecule has 0 bridgehead atoms. The average Bonchev–Trinajstić information content (AvgIpc) is 2.87. The number of esters is 1. The van der Waals surface area contributed by atoms with Crippen LogP contribution in [0.25, 0.3) is 0 Å². The Kier molecular flexibility index (Phi) is 6.83. The van der Waals surface area contributed by atoms with Crippen LogP contribution in [0.3, 0.4) is 0 Å². The van der Waals surface area contributed by atoms with Crippen molar-refractivity contribution in [1.29, 1.82) is 0 Å². The summed E-state index contributed by atoms with van der Waals surface area (Å²) in [4.78, 5) is 12.9. The second-order valence-electron chi connectivity index (χ2n) is 7.24. The van der Waals surface area contributed by atoms with E-state index in [1.165, 1.54) is 0 Å². The summed E-state index contributed by atoms with van der Waals surface area (Å²) in [5.41, 5.74) is 3.28. The van der Waals surface area contributed by atoms with Gasteiger partial charge in [-0.3, -0.25) is 0 Å². The van der Waals surface area contributed by atoms with Gasteiger partial charge in [-0.05, 0) is 41.0 Å². The summed E-state index contributed by atoms with van der Waals surface area (Å²) in [7, 11) is 1.61. The number of carbonyl (C=O) groups is 1. The molecule has 0 saturated heterocycles. The highest BCUT2D eigenvalue weighted by atomic mass is 16.5. The van der Waals surface area contributed by atoms with Gasteiger partial charge in [-0.1, -0.05) is 84.9 Å². The quantitative estimate of drug-likeness (QED) is 0.315. The zero-order chi connectivity index (χ0) is 22.2. The van der Waals surface area contributed by atoms with E-state index >= 15 is 0 Å². The molecule has 0 heterocycles. The molecule has 0 amide bonds. The third-order valence-corrected chi connectivity index (χ3v) is 5.08. The van der Waals surface area contributed by atoms with Crippen LogP contribution >= 0.6 is 0 Å². The van der Waals surface area contributed by atoms with Crippen LogP contribution < -0.4 is 9.47 Å². The van der Waals surface area contributed by atoms with Crippen molar-refractivity contribution in [3.63, 3.8) is 0 Å². The summed E-state index contributed by atoms with van der Waals surface area (Å²) >= 11 is 0. The molecule has 0 saturated carbocycles. The van der Waals surface area contributed by atoms with Crippen molar-refractivity contribution in [3.05, 3.63) is 131 Å². The smallest absolute Gasteiger partial charge is 0.339 e. The monoisotopic (exact) mass is 424 g/mol. The van der Waals surface area contributed by atoms with Gasteiger partial charge in [-0.25, -0.2) is 4.79 Å². The van der Waals surface area contributed by atoms with Gasteiger partial charge in [-0.15, -0.1) is 0 Å². The highest BCUT2D eigenvalue weighted by molar-refractivity contribution is 5.89. The molecule has 0 radical (unpaired) electrons. The van der Waals surface area contributed by atoms with Gasteiger partial charge in [0, 0.05) is 0 Å². The van der Waals surface area contributed by atoms with Crippen molar-refractivity contribution < 1.29 is 19.0 Å². The van der Waals surface area contributed by atoms with Crippen LogP contribution in [0.15, 0.2) is 109 Å². The molecule has 4 aromatic rings. The summed E-state index contributed by atoms with van der Waals surface area (Å²) < 4.78 is 17.1. The molecule has 0 atom stereocenters. The number of ether oxygens (including phenoxy) is 3.